The van der Waals surface area contributed by atoms with Crippen LogP contribution >= 0.6 is 11.3 Å². The molecule has 0 saturated carbocycles. The maximum atomic E-state index is 12.8. The van der Waals surface area contributed by atoms with Gasteiger partial charge >= 0.3 is 0 Å². The van der Waals surface area contributed by atoms with E-state index in [1.54, 1.807) is 17.4 Å². The lowest BCUT2D eigenvalue weighted by molar-refractivity contribution is -0.117. The van der Waals surface area contributed by atoms with Crippen LogP contribution in [0.3, 0.4) is 0 Å². The van der Waals surface area contributed by atoms with Crippen LogP contribution in [0.2, 0.25) is 0 Å². The Morgan fingerprint density at radius 3 is 2.52 bits per heavy atom. The molecule has 4 aromatic rings. The number of aromatic nitrogens is 2. The van der Waals surface area contributed by atoms with Crippen LogP contribution in [0.5, 0.6) is 0 Å². The lowest BCUT2D eigenvalue weighted by atomic mass is 10.1. The molecule has 0 spiro atoms. The van der Waals surface area contributed by atoms with Crippen molar-refractivity contribution in [3.63, 3.8) is 0 Å². The molecule has 1 N–H and O–H groups in total. The highest BCUT2D eigenvalue weighted by atomic mass is 32.1. The normalized spacial score (nSPS) is 10.9. The lowest BCUT2D eigenvalue weighted by Gasteiger charge is -2.11. The summed E-state index contributed by atoms with van der Waals surface area (Å²) in [6, 6.07) is 18.8. The van der Waals surface area contributed by atoms with Gasteiger partial charge in [-0.25, -0.2) is 4.68 Å². The molecule has 0 aliphatic heterocycles. The van der Waals surface area contributed by atoms with Gasteiger partial charge in [0.05, 0.1) is 10.3 Å². The van der Waals surface area contributed by atoms with Crippen molar-refractivity contribution in [2.75, 3.05) is 5.32 Å². The van der Waals surface area contributed by atoms with E-state index in [2.05, 4.69) is 10.4 Å². The van der Waals surface area contributed by atoms with Crippen LogP contribution in [0.4, 0.5) is 5.69 Å². The van der Waals surface area contributed by atoms with Gasteiger partial charge in [-0.2, -0.15) is 5.10 Å². The number of benzene rings is 2. The smallest absolute Gasteiger partial charge is 0.275 e. The van der Waals surface area contributed by atoms with Crippen molar-refractivity contribution in [1.29, 1.82) is 0 Å². The number of hydrogen-bond donors (Lipinski definition) is 1. The number of carbonyl (C=O) groups excluding carboxylic acids is 1. The molecule has 134 valence electrons. The van der Waals surface area contributed by atoms with Crippen molar-refractivity contribution < 1.29 is 4.79 Å². The van der Waals surface area contributed by atoms with Gasteiger partial charge in [-0.15, -0.1) is 11.3 Å². The number of anilines is 1. The van der Waals surface area contributed by atoms with Crippen LogP contribution in [0, 0.1) is 6.92 Å². The van der Waals surface area contributed by atoms with Crippen molar-refractivity contribution in [3.8, 4) is 10.6 Å². The molecular weight excluding hydrogens is 358 g/mol. The molecule has 2 aromatic heterocycles. The Morgan fingerprint density at radius 1 is 1.04 bits per heavy atom. The maximum absolute atomic E-state index is 12.8. The molecule has 0 aliphatic rings. The van der Waals surface area contributed by atoms with Crippen LogP contribution in [0.1, 0.15) is 5.56 Å². The van der Waals surface area contributed by atoms with Gasteiger partial charge in [0, 0.05) is 11.1 Å². The fraction of sp³-hybridized carbons (Fsp3) is 0.0952. The van der Waals surface area contributed by atoms with Crippen LogP contribution < -0.4 is 10.9 Å². The van der Waals surface area contributed by atoms with E-state index >= 15 is 0 Å². The zero-order chi connectivity index (χ0) is 18.8. The van der Waals surface area contributed by atoms with Crippen molar-refractivity contribution in [2.24, 2.45) is 0 Å². The summed E-state index contributed by atoms with van der Waals surface area (Å²) in [4.78, 5) is 26.3. The van der Waals surface area contributed by atoms with E-state index in [0.717, 1.165) is 21.5 Å². The minimum absolute atomic E-state index is 0.142. The van der Waals surface area contributed by atoms with E-state index in [1.807, 2.05) is 66.9 Å². The fourth-order valence-corrected chi connectivity index (χ4v) is 3.70. The Balaban J connectivity index is 1.74. The second-order valence-electron chi connectivity index (χ2n) is 6.20. The number of thiophene rings is 1. The number of para-hydroxylation sites is 1. The predicted molar refractivity (Wildman–Crippen MR) is 109 cm³/mol. The molecule has 0 saturated heterocycles. The molecule has 2 aromatic carbocycles. The summed E-state index contributed by atoms with van der Waals surface area (Å²) < 4.78 is 1.24. The van der Waals surface area contributed by atoms with E-state index in [9.17, 15) is 9.59 Å². The van der Waals surface area contributed by atoms with Crippen molar-refractivity contribution >= 4 is 33.7 Å². The van der Waals surface area contributed by atoms with Gasteiger partial charge < -0.3 is 5.32 Å². The largest absolute Gasteiger partial charge is 0.324 e. The Bertz CT molecular complexity index is 1180. The Kier molecular flexibility index (Phi) is 4.56. The van der Waals surface area contributed by atoms with Crippen molar-refractivity contribution in [3.05, 3.63) is 82.0 Å². The molecule has 0 fully saturated rings. The van der Waals surface area contributed by atoms with Gasteiger partial charge in [0.15, 0.2) is 0 Å². The molecule has 0 bridgehead atoms. The molecule has 5 nitrogen and oxygen atoms in total. The number of aryl methyl sites for hydroxylation is 1. The monoisotopic (exact) mass is 375 g/mol. The van der Waals surface area contributed by atoms with Gasteiger partial charge in [-0.3, -0.25) is 9.59 Å². The third kappa shape index (κ3) is 3.39. The predicted octanol–water partition coefficient (Wildman–Crippen LogP) is 4.07. The standard InChI is InChI=1S/C21H17N3O2S/c1-14-7-2-5-10-17(14)22-19(25)13-24-21(26)16-9-4-3-8-15(16)20(23-24)18-11-6-12-27-18/h2-12H,13H2,1H3,(H,22,25). The van der Waals surface area contributed by atoms with E-state index in [-0.39, 0.29) is 18.0 Å². The fourth-order valence-electron chi connectivity index (χ4n) is 2.98. The molecule has 0 aliphatic carbocycles. The molecular formula is C21H17N3O2S. The summed E-state index contributed by atoms with van der Waals surface area (Å²) in [6.07, 6.45) is 0. The number of hydrogen-bond acceptors (Lipinski definition) is 4. The van der Waals surface area contributed by atoms with E-state index in [0.29, 0.717) is 11.1 Å². The summed E-state index contributed by atoms with van der Waals surface area (Å²) in [5, 5.41) is 10.7. The molecule has 2 heterocycles. The number of fused-ring (bicyclic) bond motifs is 1. The second kappa shape index (κ2) is 7.17. The summed E-state index contributed by atoms with van der Waals surface area (Å²) in [5.41, 5.74) is 2.13. The van der Waals surface area contributed by atoms with Crippen LogP contribution in [0.25, 0.3) is 21.3 Å². The van der Waals surface area contributed by atoms with Gasteiger partial charge in [0.25, 0.3) is 5.56 Å². The Morgan fingerprint density at radius 2 is 1.78 bits per heavy atom. The Hall–Kier alpha value is -3.25. The first-order valence-electron chi connectivity index (χ1n) is 8.53. The number of nitrogens with zero attached hydrogens (tertiary/aromatic N) is 2. The van der Waals surface area contributed by atoms with Crippen LogP contribution in [0.15, 0.2) is 70.8 Å². The Labute approximate surface area is 159 Å². The van der Waals surface area contributed by atoms with Gasteiger partial charge in [-0.05, 0) is 36.1 Å². The molecule has 1 amide bonds. The van der Waals surface area contributed by atoms with Gasteiger partial charge in [0.1, 0.15) is 12.2 Å². The molecule has 0 unspecified atom stereocenters. The van der Waals surface area contributed by atoms with Crippen molar-refractivity contribution in [1.82, 2.24) is 9.78 Å². The second-order valence-corrected chi connectivity index (χ2v) is 7.15. The SMILES string of the molecule is Cc1ccccc1NC(=O)Cn1nc(-c2cccs2)c2ccccc2c1=O. The third-order valence-electron chi connectivity index (χ3n) is 4.33. The molecule has 0 atom stereocenters. The first kappa shape index (κ1) is 17.2. The number of nitrogens with one attached hydrogen (secondary N) is 1. The topological polar surface area (TPSA) is 64.0 Å². The first-order chi connectivity index (χ1) is 13.1. The lowest BCUT2D eigenvalue weighted by Crippen LogP contribution is -2.30. The average Bonchev–Trinajstić information content (AvgIpc) is 3.20. The number of rotatable bonds is 4. The highest BCUT2D eigenvalue weighted by Gasteiger charge is 2.15. The zero-order valence-corrected chi connectivity index (χ0v) is 15.5. The summed E-state index contributed by atoms with van der Waals surface area (Å²) in [6.45, 7) is 1.78. The minimum atomic E-state index is -0.286. The molecule has 0 radical (unpaired) electrons. The molecule has 6 heteroatoms. The van der Waals surface area contributed by atoms with Crippen LogP contribution in [-0.2, 0) is 11.3 Å². The van der Waals surface area contributed by atoms with E-state index in [1.165, 1.54) is 4.68 Å². The van der Waals surface area contributed by atoms with Gasteiger partial charge in [-0.1, -0.05) is 42.5 Å². The van der Waals surface area contributed by atoms with E-state index in [4.69, 9.17) is 0 Å². The average molecular weight is 375 g/mol. The summed E-state index contributed by atoms with van der Waals surface area (Å²) in [7, 11) is 0. The third-order valence-corrected chi connectivity index (χ3v) is 5.21. The quantitative estimate of drug-likeness (QED) is 0.585. The first-order valence-corrected chi connectivity index (χ1v) is 9.40. The van der Waals surface area contributed by atoms with Crippen LogP contribution in [-0.4, -0.2) is 15.7 Å². The molecule has 27 heavy (non-hydrogen) atoms. The van der Waals surface area contributed by atoms with E-state index < -0.39 is 0 Å². The zero-order valence-electron chi connectivity index (χ0n) is 14.7. The number of carbonyl (C=O) groups is 1. The minimum Gasteiger partial charge on any atom is -0.324 e. The number of amides is 1. The summed E-state index contributed by atoms with van der Waals surface area (Å²) >= 11 is 1.55. The maximum Gasteiger partial charge on any atom is 0.275 e. The van der Waals surface area contributed by atoms with Crippen molar-refractivity contribution in [2.45, 2.75) is 13.5 Å². The molecule has 4 rings (SSSR count). The van der Waals surface area contributed by atoms with Gasteiger partial charge in [0.2, 0.25) is 5.91 Å². The highest BCUT2D eigenvalue weighted by Crippen LogP contribution is 2.28. The summed E-state index contributed by atoms with van der Waals surface area (Å²) in [5.74, 6) is -0.286. The highest BCUT2D eigenvalue weighted by molar-refractivity contribution is 7.13.